The number of aryl methyl sites for hydroxylation is 2. The second kappa shape index (κ2) is 5.35. The van der Waals surface area contributed by atoms with Crippen LogP contribution >= 0.6 is 0 Å². The first-order chi connectivity index (χ1) is 7.54. The van der Waals surface area contributed by atoms with E-state index in [9.17, 15) is 4.79 Å². The Morgan fingerprint density at radius 1 is 1.38 bits per heavy atom. The standard InChI is InChI=1S/C13H16O3/c1-9-7-11(5-4-6-13(14)15)12(16-3)8-10(9)2/h4,6-8H,5H2,1-3H3,(H,14,15)/b6-4+. The molecule has 0 aliphatic rings. The molecule has 0 amide bonds. The van der Waals surface area contributed by atoms with E-state index in [-0.39, 0.29) is 0 Å². The molecule has 3 nitrogen and oxygen atoms in total. The quantitative estimate of drug-likeness (QED) is 0.793. The fraction of sp³-hybridized carbons (Fsp3) is 0.308. The van der Waals surface area contributed by atoms with Crippen LogP contribution in [0, 0.1) is 13.8 Å². The fourth-order valence-corrected chi connectivity index (χ4v) is 1.49. The Bertz CT molecular complexity index is 419. The van der Waals surface area contributed by atoms with Crippen LogP contribution in [0.15, 0.2) is 24.3 Å². The molecule has 1 rings (SSSR count). The van der Waals surface area contributed by atoms with Gasteiger partial charge < -0.3 is 9.84 Å². The van der Waals surface area contributed by atoms with Gasteiger partial charge in [-0.15, -0.1) is 0 Å². The Labute approximate surface area is 95.4 Å². The van der Waals surface area contributed by atoms with Crippen LogP contribution in [-0.2, 0) is 11.2 Å². The van der Waals surface area contributed by atoms with Crippen molar-refractivity contribution in [3.63, 3.8) is 0 Å². The average Bonchev–Trinajstić information content (AvgIpc) is 2.22. The van der Waals surface area contributed by atoms with Crippen molar-refractivity contribution in [1.29, 1.82) is 0 Å². The van der Waals surface area contributed by atoms with Crippen molar-refractivity contribution in [1.82, 2.24) is 0 Å². The number of allylic oxidation sites excluding steroid dienone is 1. The third kappa shape index (κ3) is 3.12. The van der Waals surface area contributed by atoms with E-state index in [1.54, 1.807) is 13.2 Å². The number of hydrogen-bond donors (Lipinski definition) is 1. The predicted molar refractivity (Wildman–Crippen MR) is 62.9 cm³/mol. The second-order valence-electron chi connectivity index (χ2n) is 3.69. The molecule has 0 aromatic heterocycles. The van der Waals surface area contributed by atoms with Crippen molar-refractivity contribution >= 4 is 5.97 Å². The zero-order chi connectivity index (χ0) is 12.1. The van der Waals surface area contributed by atoms with E-state index in [0.717, 1.165) is 17.4 Å². The smallest absolute Gasteiger partial charge is 0.327 e. The summed E-state index contributed by atoms with van der Waals surface area (Å²) in [5.41, 5.74) is 3.35. The van der Waals surface area contributed by atoms with E-state index in [4.69, 9.17) is 9.84 Å². The molecule has 0 heterocycles. The third-order valence-corrected chi connectivity index (χ3v) is 2.49. The van der Waals surface area contributed by atoms with E-state index in [1.165, 1.54) is 11.1 Å². The lowest BCUT2D eigenvalue weighted by Crippen LogP contribution is -1.95. The molecular weight excluding hydrogens is 204 g/mol. The monoisotopic (exact) mass is 220 g/mol. The number of ether oxygens (including phenoxy) is 1. The Morgan fingerprint density at radius 2 is 2.00 bits per heavy atom. The molecule has 1 N–H and O–H groups in total. The summed E-state index contributed by atoms with van der Waals surface area (Å²) in [6.07, 6.45) is 3.33. The van der Waals surface area contributed by atoms with Gasteiger partial charge in [-0.2, -0.15) is 0 Å². The lowest BCUT2D eigenvalue weighted by Gasteiger charge is -2.10. The van der Waals surface area contributed by atoms with Crippen LogP contribution in [-0.4, -0.2) is 18.2 Å². The molecule has 0 unspecified atom stereocenters. The number of methoxy groups -OCH3 is 1. The van der Waals surface area contributed by atoms with Gasteiger partial charge in [0.2, 0.25) is 0 Å². The SMILES string of the molecule is COc1cc(C)c(C)cc1C/C=C/C(=O)O. The minimum Gasteiger partial charge on any atom is -0.496 e. The molecule has 1 aromatic rings. The highest BCUT2D eigenvalue weighted by Crippen LogP contribution is 2.23. The van der Waals surface area contributed by atoms with Gasteiger partial charge in [0.15, 0.2) is 0 Å². The fourth-order valence-electron chi connectivity index (χ4n) is 1.49. The van der Waals surface area contributed by atoms with Crippen molar-refractivity contribution < 1.29 is 14.6 Å². The average molecular weight is 220 g/mol. The van der Waals surface area contributed by atoms with Crippen LogP contribution in [0.4, 0.5) is 0 Å². The van der Waals surface area contributed by atoms with E-state index < -0.39 is 5.97 Å². The number of hydrogen-bond acceptors (Lipinski definition) is 2. The van der Waals surface area contributed by atoms with Gasteiger partial charge >= 0.3 is 5.97 Å². The first-order valence-corrected chi connectivity index (χ1v) is 5.08. The Hall–Kier alpha value is -1.77. The van der Waals surface area contributed by atoms with Gasteiger partial charge in [0, 0.05) is 6.08 Å². The number of carboxylic acids is 1. The summed E-state index contributed by atoms with van der Waals surface area (Å²) >= 11 is 0. The minimum atomic E-state index is -0.928. The molecule has 3 heteroatoms. The van der Waals surface area contributed by atoms with Crippen LogP contribution < -0.4 is 4.74 Å². The van der Waals surface area contributed by atoms with Gasteiger partial charge in [0.1, 0.15) is 5.75 Å². The maximum atomic E-state index is 10.3. The Kier molecular flexibility index (Phi) is 4.11. The van der Waals surface area contributed by atoms with Crippen LogP contribution in [0.3, 0.4) is 0 Å². The molecule has 0 saturated carbocycles. The number of rotatable bonds is 4. The molecule has 0 atom stereocenters. The zero-order valence-corrected chi connectivity index (χ0v) is 9.78. The number of aliphatic carboxylic acids is 1. The summed E-state index contributed by atoms with van der Waals surface area (Å²) in [6.45, 7) is 4.05. The van der Waals surface area contributed by atoms with Crippen LogP contribution in [0.5, 0.6) is 5.75 Å². The summed E-state index contributed by atoms with van der Waals surface area (Å²) in [6, 6.07) is 4.00. The highest BCUT2D eigenvalue weighted by Gasteiger charge is 2.04. The number of carboxylic acid groups (broad SMARTS) is 1. The highest BCUT2D eigenvalue weighted by atomic mass is 16.5. The normalized spacial score (nSPS) is 10.7. The summed E-state index contributed by atoms with van der Waals surface area (Å²) in [5.74, 6) is -0.124. The van der Waals surface area contributed by atoms with Crippen LogP contribution in [0.2, 0.25) is 0 Å². The molecule has 0 bridgehead atoms. The highest BCUT2D eigenvalue weighted by molar-refractivity contribution is 5.79. The van der Waals surface area contributed by atoms with Crippen molar-refractivity contribution in [2.45, 2.75) is 20.3 Å². The molecule has 0 fully saturated rings. The molecule has 0 spiro atoms. The molecular formula is C13H16O3. The van der Waals surface area contributed by atoms with Gasteiger partial charge in [-0.1, -0.05) is 12.1 Å². The van der Waals surface area contributed by atoms with Crippen molar-refractivity contribution in [3.05, 3.63) is 41.0 Å². The third-order valence-electron chi connectivity index (χ3n) is 2.49. The topological polar surface area (TPSA) is 46.5 Å². The largest absolute Gasteiger partial charge is 0.496 e. The summed E-state index contributed by atoms with van der Waals surface area (Å²) < 4.78 is 5.26. The molecule has 16 heavy (non-hydrogen) atoms. The Balaban J connectivity index is 2.94. The molecule has 0 aliphatic heterocycles. The molecule has 0 aliphatic carbocycles. The van der Waals surface area contributed by atoms with E-state index in [0.29, 0.717) is 6.42 Å². The zero-order valence-electron chi connectivity index (χ0n) is 9.78. The predicted octanol–water partition coefficient (Wildman–Crippen LogP) is 2.50. The summed E-state index contributed by atoms with van der Waals surface area (Å²) in [5, 5.41) is 8.50. The van der Waals surface area contributed by atoms with Crippen molar-refractivity contribution in [3.8, 4) is 5.75 Å². The van der Waals surface area contributed by atoms with Gasteiger partial charge in [0.25, 0.3) is 0 Å². The van der Waals surface area contributed by atoms with E-state index >= 15 is 0 Å². The van der Waals surface area contributed by atoms with E-state index in [2.05, 4.69) is 0 Å². The van der Waals surface area contributed by atoms with Gasteiger partial charge in [-0.05, 0) is 43.0 Å². The van der Waals surface area contributed by atoms with Crippen molar-refractivity contribution in [2.75, 3.05) is 7.11 Å². The van der Waals surface area contributed by atoms with Crippen LogP contribution in [0.1, 0.15) is 16.7 Å². The number of carbonyl (C=O) groups is 1. The molecule has 1 aromatic carbocycles. The lowest BCUT2D eigenvalue weighted by atomic mass is 10.0. The van der Waals surface area contributed by atoms with Crippen molar-refractivity contribution in [2.24, 2.45) is 0 Å². The van der Waals surface area contributed by atoms with Gasteiger partial charge in [-0.25, -0.2) is 4.79 Å². The lowest BCUT2D eigenvalue weighted by molar-refractivity contribution is -0.131. The molecule has 0 saturated heterocycles. The first-order valence-electron chi connectivity index (χ1n) is 5.08. The molecule has 86 valence electrons. The number of benzene rings is 1. The van der Waals surface area contributed by atoms with Gasteiger partial charge in [-0.3, -0.25) is 0 Å². The second-order valence-corrected chi connectivity index (χ2v) is 3.69. The maximum Gasteiger partial charge on any atom is 0.327 e. The van der Waals surface area contributed by atoms with E-state index in [1.807, 2.05) is 26.0 Å². The first kappa shape index (κ1) is 12.3. The van der Waals surface area contributed by atoms with Crippen LogP contribution in [0.25, 0.3) is 0 Å². The Morgan fingerprint density at radius 3 is 2.56 bits per heavy atom. The maximum absolute atomic E-state index is 10.3. The molecule has 0 radical (unpaired) electrons. The summed E-state index contributed by atoms with van der Waals surface area (Å²) in [4.78, 5) is 10.3. The minimum absolute atomic E-state index is 0.566. The summed E-state index contributed by atoms with van der Waals surface area (Å²) in [7, 11) is 1.62. The van der Waals surface area contributed by atoms with Gasteiger partial charge in [0.05, 0.1) is 7.11 Å².